The molecule has 1 aromatic carbocycles. The van der Waals surface area contributed by atoms with Gasteiger partial charge in [-0.15, -0.1) is 0 Å². The van der Waals surface area contributed by atoms with Crippen molar-refractivity contribution in [2.24, 2.45) is 0 Å². The molecule has 1 heterocycles. The molecule has 3 rings (SSSR count). The van der Waals surface area contributed by atoms with Crippen molar-refractivity contribution in [3.63, 3.8) is 0 Å². The lowest BCUT2D eigenvalue weighted by Crippen LogP contribution is -2.07. The van der Waals surface area contributed by atoms with Crippen molar-refractivity contribution in [3.8, 4) is 0 Å². The minimum Gasteiger partial charge on any atom is -0.478 e. The third kappa shape index (κ3) is 2.67. The first kappa shape index (κ1) is 13.4. The van der Waals surface area contributed by atoms with Crippen LogP contribution in [0, 0.1) is 0 Å². The van der Waals surface area contributed by atoms with Crippen molar-refractivity contribution in [1.29, 1.82) is 0 Å². The van der Waals surface area contributed by atoms with Gasteiger partial charge in [-0.2, -0.15) is 0 Å². The van der Waals surface area contributed by atoms with Gasteiger partial charge in [-0.3, -0.25) is 0 Å². The fourth-order valence-electron chi connectivity index (χ4n) is 2.61. The average molecular weight is 285 g/mol. The van der Waals surface area contributed by atoms with Crippen LogP contribution in [-0.4, -0.2) is 26.7 Å². The molecule has 108 valence electrons. The third-order valence-corrected chi connectivity index (χ3v) is 3.73. The van der Waals surface area contributed by atoms with Crippen LogP contribution in [0.25, 0.3) is 0 Å². The molecule has 1 aliphatic carbocycles. The molecule has 1 aromatic heterocycles. The van der Waals surface area contributed by atoms with Gasteiger partial charge in [0.15, 0.2) is 0 Å². The van der Waals surface area contributed by atoms with Crippen LogP contribution >= 0.6 is 0 Å². The largest absolute Gasteiger partial charge is 0.478 e. The lowest BCUT2D eigenvalue weighted by atomic mass is 10.1. The number of hydrogen-bond donors (Lipinski definition) is 2. The summed E-state index contributed by atoms with van der Waals surface area (Å²) in [5.74, 6) is -1.55. The second-order valence-electron chi connectivity index (χ2n) is 5.33. The fraction of sp³-hybridized carbons (Fsp3) is 0.250. The molecule has 0 aliphatic heterocycles. The van der Waals surface area contributed by atoms with E-state index in [1.807, 2.05) is 10.6 Å². The lowest BCUT2D eigenvalue weighted by Gasteiger charge is -2.10. The van der Waals surface area contributed by atoms with Crippen molar-refractivity contribution in [3.05, 3.63) is 58.9 Å². The van der Waals surface area contributed by atoms with Crippen LogP contribution in [0.15, 0.2) is 36.5 Å². The van der Waals surface area contributed by atoms with Crippen LogP contribution in [0.1, 0.15) is 50.7 Å². The molecule has 21 heavy (non-hydrogen) atoms. The molecule has 0 saturated heterocycles. The Hall–Kier alpha value is -2.56. The Labute approximate surface area is 121 Å². The maximum Gasteiger partial charge on any atom is 0.337 e. The summed E-state index contributed by atoms with van der Waals surface area (Å²) in [4.78, 5) is 22.3. The quantitative estimate of drug-likeness (QED) is 0.885. The van der Waals surface area contributed by atoms with E-state index in [0.717, 1.165) is 24.1 Å². The average Bonchev–Trinajstić information content (AvgIpc) is 3.20. The van der Waals surface area contributed by atoms with Crippen LogP contribution in [0.2, 0.25) is 0 Å². The zero-order valence-electron chi connectivity index (χ0n) is 11.3. The second-order valence-corrected chi connectivity index (χ2v) is 5.33. The monoisotopic (exact) mass is 285 g/mol. The Balaban J connectivity index is 1.93. The topological polar surface area (TPSA) is 79.5 Å². The highest BCUT2D eigenvalue weighted by atomic mass is 16.4. The Kier molecular flexibility index (Phi) is 3.25. The van der Waals surface area contributed by atoms with Gasteiger partial charge in [0.1, 0.15) is 0 Å². The highest BCUT2D eigenvalue weighted by molar-refractivity contribution is 5.89. The molecule has 0 amide bonds. The van der Waals surface area contributed by atoms with Crippen molar-refractivity contribution < 1.29 is 19.8 Å². The Morgan fingerprint density at radius 2 is 1.90 bits per heavy atom. The highest BCUT2D eigenvalue weighted by Crippen LogP contribution is 2.42. The highest BCUT2D eigenvalue weighted by Gasteiger charge is 2.31. The summed E-state index contributed by atoms with van der Waals surface area (Å²) >= 11 is 0. The van der Waals surface area contributed by atoms with Crippen LogP contribution < -0.4 is 0 Å². The van der Waals surface area contributed by atoms with Gasteiger partial charge in [0, 0.05) is 24.4 Å². The summed E-state index contributed by atoms with van der Waals surface area (Å²) in [6.07, 6.45) is 3.80. The Morgan fingerprint density at radius 3 is 2.52 bits per heavy atom. The van der Waals surface area contributed by atoms with E-state index in [1.54, 1.807) is 30.5 Å². The van der Waals surface area contributed by atoms with Gasteiger partial charge in [0.25, 0.3) is 0 Å². The molecule has 2 aromatic rings. The van der Waals surface area contributed by atoms with Crippen molar-refractivity contribution in [2.45, 2.75) is 25.3 Å². The molecule has 0 unspecified atom stereocenters. The summed E-state index contributed by atoms with van der Waals surface area (Å²) in [6, 6.07) is 8.35. The normalized spacial score (nSPS) is 14.1. The number of rotatable bonds is 5. The van der Waals surface area contributed by atoms with E-state index in [4.69, 9.17) is 5.11 Å². The van der Waals surface area contributed by atoms with Crippen LogP contribution in [-0.2, 0) is 6.54 Å². The minimum atomic E-state index is -0.960. The number of carbonyl (C=O) groups is 2. The van der Waals surface area contributed by atoms with Gasteiger partial charge < -0.3 is 14.8 Å². The number of nitrogens with zero attached hydrogens (tertiary/aromatic N) is 1. The van der Waals surface area contributed by atoms with Crippen molar-refractivity contribution >= 4 is 11.9 Å². The van der Waals surface area contributed by atoms with Gasteiger partial charge in [0.2, 0.25) is 0 Å². The summed E-state index contributed by atoms with van der Waals surface area (Å²) < 4.78 is 1.92. The maximum absolute atomic E-state index is 11.3. The first-order chi connectivity index (χ1) is 10.1. The molecule has 0 radical (unpaired) electrons. The first-order valence-electron chi connectivity index (χ1n) is 6.81. The molecule has 0 spiro atoms. The molecule has 0 bridgehead atoms. The van der Waals surface area contributed by atoms with Gasteiger partial charge >= 0.3 is 11.9 Å². The van der Waals surface area contributed by atoms with E-state index >= 15 is 0 Å². The second kappa shape index (κ2) is 5.09. The summed E-state index contributed by atoms with van der Waals surface area (Å²) in [6.45, 7) is 0.486. The van der Waals surface area contributed by atoms with Gasteiger partial charge in [-0.1, -0.05) is 12.1 Å². The van der Waals surface area contributed by atoms with Crippen LogP contribution in [0.3, 0.4) is 0 Å². The molecule has 2 N–H and O–H groups in total. The van der Waals surface area contributed by atoms with Crippen molar-refractivity contribution in [1.82, 2.24) is 4.57 Å². The number of benzene rings is 1. The molecule has 5 heteroatoms. The summed E-state index contributed by atoms with van der Waals surface area (Å²) in [5.41, 5.74) is 2.30. The zero-order chi connectivity index (χ0) is 15.0. The van der Waals surface area contributed by atoms with E-state index in [2.05, 4.69) is 0 Å². The molecule has 1 fully saturated rings. The molecular weight excluding hydrogens is 270 g/mol. The predicted octanol–water partition coefficient (Wildman–Crippen LogP) is 2.81. The number of aromatic nitrogens is 1. The third-order valence-electron chi connectivity index (χ3n) is 3.73. The van der Waals surface area contributed by atoms with E-state index in [-0.39, 0.29) is 5.56 Å². The molecule has 0 atom stereocenters. The molecule has 1 saturated carbocycles. The first-order valence-corrected chi connectivity index (χ1v) is 6.81. The number of aromatic carboxylic acids is 2. The molecular formula is C16H15NO4. The van der Waals surface area contributed by atoms with E-state index in [9.17, 15) is 14.7 Å². The van der Waals surface area contributed by atoms with E-state index in [1.165, 1.54) is 0 Å². The summed E-state index contributed by atoms with van der Waals surface area (Å²) in [5, 5.41) is 18.3. The van der Waals surface area contributed by atoms with E-state index < -0.39 is 11.9 Å². The number of hydrogen-bond acceptors (Lipinski definition) is 2. The van der Waals surface area contributed by atoms with Gasteiger partial charge in [0.05, 0.1) is 11.1 Å². The van der Waals surface area contributed by atoms with Crippen molar-refractivity contribution in [2.75, 3.05) is 0 Å². The number of carboxylic acids is 2. The minimum absolute atomic E-state index is 0.242. The molecule has 1 aliphatic rings. The van der Waals surface area contributed by atoms with Crippen LogP contribution in [0.5, 0.6) is 0 Å². The zero-order valence-corrected chi connectivity index (χ0v) is 11.3. The Morgan fingerprint density at radius 1 is 1.14 bits per heavy atom. The fourth-order valence-corrected chi connectivity index (χ4v) is 2.61. The smallest absolute Gasteiger partial charge is 0.337 e. The van der Waals surface area contributed by atoms with Gasteiger partial charge in [-0.05, 0) is 36.6 Å². The number of carboxylic acid groups (broad SMARTS) is 2. The Bertz CT molecular complexity index is 713. The SMILES string of the molecule is O=C(O)c1cccc(Cn2ccc(C(=O)O)c2C2CC2)c1. The lowest BCUT2D eigenvalue weighted by molar-refractivity contribution is 0.0685. The standard InChI is InChI=1S/C16H15NO4/c18-15(19)12-3-1-2-10(8-12)9-17-7-6-13(16(20)21)14(17)11-4-5-11/h1-3,6-8,11H,4-5,9H2,(H,18,19)(H,20,21). The van der Waals surface area contributed by atoms with E-state index in [0.29, 0.717) is 18.0 Å². The maximum atomic E-state index is 11.3. The predicted molar refractivity (Wildman–Crippen MR) is 75.9 cm³/mol. The summed E-state index contributed by atoms with van der Waals surface area (Å²) in [7, 11) is 0. The van der Waals surface area contributed by atoms with Crippen LogP contribution in [0.4, 0.5) is 0 Å². The molecule has 5 nitrogen and oxygen atoms in total. The van der Waals surface area contributed by atoms with Gasteiger partial charge in [-0.25, -0.2) is 9.59 Å².